The van der Waals surface area contributed by atoms with Gasteiger partial charge < -0.3 is 0 Å². The van der Waals surface area contributed by atoms with Gasteiger partial charge in [-0.25, -0.2) is 9.97 Å². The third kappa shape index (κ3) is 2.14. The topological polar surface area (TPSA) is 49.6 Å². The van der Waals surface area contributed by atoms with Crippen LogP contribution in [0.1, 0.15) is 5.82 Å². The number of benzene rings is 2. The van der Waals surface area contributed by atoms with E-state index < -0.39 is 0 Å². The zero-order chi connectivity index (χ0) is 13.2. The smallest absolute Gasteiger partial charge is 0.219 e. The summed E-state index contributed by atoms with van der Waals surface area (Å²) in [7, 11) is 0. The van der Waals surface area contributed by atoms with Crippen LogP contribution in [0.3, 0.4) is 0 Å². The molecular weight excluding hydrogens is 258 g/mol. The van der Waals surface area contributed by atoms with Crippen LogP contribution in [0.25, 0.3) is 22.2 Å². The predicted octanol–water partition coefficient (Wildman–Crippen LogP) is 3.82. The monoisotopic (exact) mass is 265 g/mol. The van der Waals surface area contributed by atoms with E-state index in [1.807, 2.05) is 42.5 Å². The fourth-order valence-corrected chi connectivity index (χ4v) is 2.14. The van der Waals surface area contributed by atoms with Crippen molar-refractivity contribution >= 4 is 22.5 Å². The van der Waals surface area contributed by atoms with E-state index in [0.29, 0.717) is 5.02 Å². The predicted molar refractivity (Wildman–Crippen MR) is 74.7 cm³/mol. The largest absolute Gasteiger partial charge is 0.233 e. The van der Waals surface area contributed by atoms with E-state index in [1.165, 1.54) is 0 Å². The van der Waals surface area contributed by atoms with Gasteiger partial charge >= 0.3 is 0 Å². The first-order chi connectivity index (χ1) is 9.28. The molecule has 0 amide bonds. The van der Waals surface area contributed by atoms with Crippen LogP contribution in [0.2, 0.25) is 5.02 Å². The highest BCUT2D eigenvalue weighted by molar-refractivity contribution is 6.31. The molecule has 19 heavy (non-hydrogen) atoms. The maximum absolute atomic E-state index is 9.02. The first-order valence-electron chi connectivity index (χ1n) is 5.71. The third-order valence-corrected chi connectivity index (χ3v) is 3.04. The van der Waals surface area contributed by atoms with Crippen LogP contribution >= 0.6 is 11.6 Å². The number of rotatable bonds is 1. The van der Waals surface area contributed by atoms with Gasteiger partial charge in [0.25, 0.3) is 0 Å². The molecule has 3 nitrogen and oxygen atoms in total. The van der Waals surface area contributed by atoms with Gasteiger partial charge in [0.15, 0.2) is 0 Å². The maximum atomic E-state index is 9.02. The van der Waals surface area contributed by atoms with Crippen molar-refractivity contribution in [3.63, 3.8) is 0 Å². The molecule has 0 N–H and O–H groups in total. The minimum atomic E-state index is 0.161. The van der Waals surface area contributed by atoms with E-state index in [-0.39, 0.29) is 5.82 Å². The molecule has 0 aliphatic heterocycles. The second kappa shape index (κ2) is 4.68. The van der Waals surface area contributed by atoms with Crippen molar-refractivity contribution in [2.24, 2.45) is 0 Å². The van der Waals surface area contributed by atoms with Crippen LogP contribution in [0, 0.1) is 11.3 Å². The fourth-order valence-electron chi connectivity index (χ4n) is 1.97. The third-order valence-electron chi connectivity index (χ3n) is 2.81. The molecule has 3 rings (SSSR count). The minimum Gasteiger partial charge on any atom is -0.219 e. The quantitative estimate of drug-likeness (QED) is 0.672. The van der Waals surface area contributed by atoms with E-state index >= 15 is 0 Å². The highest BCUT2D eigenvalue weighted by Gasteiger charge is 2.09. The summed E-state index contributed by atoms with van der Waals surface area (Å²) in [6.45, 7) is 0. The number of fused-ring (bicyclic) bond motifs is 1. The molecule has 0 aliphatic carbocycles. The molecular formula is C15H8ClN3. The van der Waals surface area contributed by atoms with Crippen LogP contribution in [-0.4, -0.2) is 9.97 Å². The van der Waals surface area contributed by atoms with Crippen molar-refractivity contribution in [2.45, 2.75) is 0 Å². The van der Waals surface area contributed by atoms with E-state index in [1.54, 1.807) is 12.1 Å². The van der Waals surface area contributed by atoms with E-state index in [9.17, 15) is 0 Å². The van der Waals surface area contributed by atoms with E-state index in [2.05, 4.69) is 9.97 Å². The SMILES string of the molecule is N#Cc1nc(-c2ccccc2)c2cc(Cl)ccc2n1. The minimum absolute atomic E-state index is 0.161. The number of hydrogen-bond donors (Lipinski definition) is 0. The Morgan fingerprint density at radius 3 is 2.53 bits per heavy atom. The normalized spacial score (nSPS) is 10.3. The molecule has 1 heterocycles. The summed E-state index contributed by atoms with van der Waals surface area (Å²) >= 11 is 6.03. The van der Waals surface area contributed by atoms with Gasteiger partial charge in [0.2, 0.25) is 5.82 Å². The van der Waals surface area contributed by atoms with E-state index in [4.69, 9.17) is 16.9 Å². The molecule has 90 valence electrons. The molecule has 0 unspecified atom stereocenters. The second-order valence-corrected chi connectivity index (χ2v) is 4.47. The van der Waals surface area contributed by atoms with Crippen molar-refractivity contribution in [2.75, 3.05) is 0 Å². The summed E-state index contributed by atoms with van der Waals surface area (Å²) in [4.78, 5) is 8.49. The first kappa shape index (κ1) is 11.6. The van der Waals surface area contributed by atoms with Crippen molar-refractivity contribution in [3.8, 4) is 17.3 Å². The van der Waals surface area contributed by atoms with Crippen molar-refractivity contribution < 1.29 is 0 Å². The number of hydrogen-bond acceptors (Lipinski definition) is 3. The van der Waals surface area contributed by atoms with Crippen LogP contribution in [0.4, 0.5) is 0 Å². The standard InChI is InChI=1S/C15H8ClN3/c16-11-6-7-13-12(8-11)15(19-14(9-17)18-13)10-4-2-1-3-5-10/h1-8H. The first-order valence-corrected chi connectivity index (χ1v) is 6.08. The Balaban J connectivity index is 2.39. The van der Waals surface area contributed by atoms with Gasteiger partial charge in [-0.2, -0.15) is 5.26 Å². The number of nitrogens with zero attached hydrogens (tertiary/aromatic N) is 3. The maximum Gasteiger partial charge on any atom is 0.233 e. The Morgan fingerprint density at radius 1 is 1.00 bits per heavy atom. The second-order valence-electron chi connectivity index (χ2n) is 4.04. The molecule has 0 saturated carbocycles. The van der Waals surface area contributed by atoms with Crippen LogP contribution in [0.15, 0.2) is 48.5 Å². The van der Waals surface area contributed by atoms with Crippen molar-refractivity contribution in [1.82, 2.24) is 9.97 Å². The van der Waals surface area contributed by atoms with Gasteiger partial charge in [-0.1, -0.05) is 41.9 Å². The Bertz CT molecular complexity index is 792. The molecule has 0 radical (unpaired) electrons. The highest BCUT2D eigenvalue weighted by Crippen LogP contribution is 2.28. The zero-order valence-corrected chi connectivity index (χ0v) is 10.6. The number of halogens is 1. The number of nitriles is 1. The Hall–Kier alpha value is -2.44. The molecule has 0 fully saturated rings. The molecule has 1 aromatic heterocycles. The number of aromatic nitrogens is 2. The molecule has 4 heteroatoms. The molecule has 0 atom stereocenters. The molecule has 0 bridgehead atoms. The van der Waals surface area contributed by atoms with E-state index in [0.717, 1.165) is 22.2 Å². The van der Waals surface area contributed by atoms with Gasteiger partial charge in [0.1, 0.15) is 6.07 Å². The highest BCUT2D eigenvalue weighted by atomic mass is 35.5. The lowest BCUT2D eigenvalue weighted by Gasteiger charge is -2.06. The van der Waals surface area contributed by atoms with Crippen LogP contribution in [0.5, 0.6) is 0 Å². The van der Waals surface area contributed by atoms with Gasteiger partial charge in [-0.05, 0) is 18.2 Å². The van der Waals surface area contributed by atoms with Gasteiger partial charge in [-0.15, -0.1) is 0 Å². The van der Waals surface area contributed by atoms with Crippen LogP contribution in [-0.2, 0) is 0 Å². The summed E-state index contributed by atoms with van der Waals surface area (Å²) < 4.78 is 0. The summed E-state index contributed by atoms with van der Waals surface area (Å²) in [6.07, 6.45) is 0. The lowest BCUT2D eigenvalue weighted by atomic mass is 10.1. The molecule has 2 aromatic carbocycles. The summed E-state index contributed by atoms with van der Waals surface area (Å²) in [5.41, 5.74) is 2.38. The Morgan fingerprint density at radius 2 is 1.79 bits per heavy atom. The van der Waals surface area contributed by atoms with Crippen molar-refractivity contribution in [1.29, 1.82) is 5.26 Å². The molecule has 0 aliphatic rings. The zero-order valence-electron chi connectivity index (χ0n) is 9.84. The van der Waals surface area contributed by atoms with Crippen LogP contribution < -0.4 is 0 Å². The Labute approximate surface area is 115 Å². The molecule has 0 spiro atoms. The summed E-state index contributed by atoms with van der Waals surface area (Å²) in [6, 6.07) is 17.1. The van der Waals surface area contributed by atoms with Gasteiger partial charge in [-0.3, -0.25) is 0 Å². The lowest BCUT2D eigenvalue weighted by molar-refractivity contribution is 1.16. The average Bonchev–Trinajstić information content (AvgIpc) is 2.47. The van der Waals surface area contributed by atoms with Gasteiger partial charge in [0.05, 0.1) is 11.2 Å². The molecule has 0 saturated heterocycles. The fraction of sp³-hybridized carbons (Fsp3) is 0. The lowest BCUT2D eigenvalue weighted by Crippen LogP contribution is -1.94. The average molecular weight is 266 g/mol. The van der Waals surface area contributed by atoms with Crippen molar-refractivity contribution in [3.05, 3.63) is 59.4 Å². The van der Waals surface area contributed by atoms with Gasteiger partial charge in [0, 0.05) is 16.0 Å². The summed E-state index contributed by atoms with van der Waals surface area (Å²) in [5.74, 6) is 0.161. The molecule has 3 aromatic rings. The Kier molecular flexibility index (Phi) is 2.86. The summed E-state index contributed by atoms with van der Waals surface area (Å²) in [5, 5.41) is 10.5.